The molecule has 0 saturated carbocycles. The van der Waals surface area contributed by atoms with Crippen LogP contribution in [0.5, 0.6) is 5.75 Å². The third-order valence-corrected chi connectivity index (χ3v) is 5.26. The summed E-state index contributed by atoms with van der Waals surface area (Å²) in [5.41, 5.74) is 2.81. The molecule has 0 aliphatic carbocycles. The SMILES string of the molecule is CC(C)COc1ccc(C(=O)N2CCC(c3nc4ccccc4[nH]3)CC2)cc1. The molecular formula is C23H27N3O2. The quantitative estimate of drug-likeness (QED) is 0.706. The Morgan fingerprint density at radius 3 is 2.54 bits per heavy atom. The molecular weight excluding hydrogens is 350 g/mol. The zero-order chi connectivity index (χ0) is 19.5. The minimum absolute atomic E-state index is 0.0958. The van der Waals surface area contributed by atoms with E-state index in [0.29, 0.717) is 18.4 Å². The number of nitrogens with one attached hydrogen (secondary N) is 1. The first kappa shape index (κ1) is 18.5. The number of benzene rings is 2. The molecule has 1 N–H and O–H groups in total. The molecule has 0 radical (unpaired) electrons. The molecule has 1 aliphatic rings. The smallest absolute Gasteiger partial charge is 0.253 e. The average Bonchev–Trinajstić information content (AvgIpc) is 3.16. The van der Waals surface area contributed by atoms with E-state index in [1.807, 2.05) is 47.4 Å². The third-order valence-electron chi connectivity index (χ3n) is 5.26. The van der Waals surface area contributed by atoms with Crippen molar-refractivity contribution >= 4 is 16.9 Å². The molecule has 2 heterocycles. The van der Waals surface area contributed by atoms with Gasteiger partial charge in [-0.3, -0.25) is 4.79 Å². The van der Waals surface area contributed by atoms with E-state index in [4.69, 9.17) is 9.72 Å². The van der Waals surface area contributed by atoms with Crippen molar-refractivity contribution in [1.82, 2.24) is 14.9 Å². The lowest BCUT2D eigenvalue weighted by Crippen LogP contribution is -2.38. The number of likely N-dealkylation sites (tertiary alicyclic amines) is 1. The van der Waals surface area contributed by atoms with Crippen LogP contribution in [0.2, 0.25) is 0 Å². The second-order valence-electron chi connectivity index (χ2n) is 7.93. The van der Waals surface area contributed by atoms with Gasteiger partial charge in [-0.05, 0) is 55.2 Å². The number of nitrogens with zero attached hydrogens (tertiary/aromatic N) is 2. The van der Waals surface area contributed by atoms with Gasteiger partial charge in [0, 0.05) is 24.6 Å². The summed E-state index contributed by atoms with van der Waals surface area (Å²) in [7, 11) is 0. The highest BCUT2D eigenvalue weighted by molar-refractivity contribution is 5.94. The molecule has 1 aliphatic heterocycles. The minimum atomic E-state index is 0.0958. The Hall–Kier alpha value is -2.82. The van der Waals surface area contributed by atoms with Crippen molar-refractivity contribution in [2.45, 2.75) is 32.6 Å². The molecule has 1 aromatic heterocycles. The number of H-pyrrole nitrogens is 1. The predicted molar refractivity (Wildman–Crippen MR) is 111 cm³/mol. The summed E-state index contributed by atoms with van der Waals surface area (Å²) in [4.78, 5) is 22.9. The maximum absolute atomic E-state index is 12.8. The van der Waals surface area contributed by atoms with Gasteiger partial charge in [0.2, 0.25) is 0 Å². The molecule has 146 valence electrons. The Balaban J connectivity index is 1.35. The van der Waals surface area contributed by atoms with Crippen LogP contribution in [-0.2, 0) is 0 Å². The van der Waals surface area contributed by atoms with Crippen LogP contribution in [0.4, 0.5) is 0 Å². The van der Waals surface area contributed by atoms with Crippen LogP contribution in [0.1, 0.15) is 48.8 Å². The molecule has 5 nitrogen and oxygen atoms in total. The second kappa shape index (κ2) is 8.05. The molecule has 1 fully saturated rings. The molecule has 28 heavy (non-hydrogen) atoms. The van der Waals surface area contributed by atoms with Crippen LogP contribution < -0.4 is 4.74 Å². The average molecular weight is 377 g/mol. The Labute approximate surface area is 165 Å². The number of aromatic amines is 1. The van der Waals surface area contributed by atoms with Crippen molar-refractivity contribution in [2.24, 2.45) is 5.92 Å². The summed E-state index contributed by atoms with van der Waals surface area (Å²) >= 11 is 0. The predicted octanol–water partition coefficient (Wildman–Crippen LogP) is 4.62. The van der Waals surface area contributed by atoms with Crippen molar-refractivity contribution in [3.63, 3.8) is 0 Å². The lowest BCUT2D eigenvalue weighted by atomic mass is 9.95. The number of aromatic nitrogens is 2. The second-order valence-corrected chi connectivity index (χ2v) is 7.93. The van der Waals surface area contributed by atoms with Gasteiger partial charge < -0.3 is 14.6 Å². The van der Waals surface area contributed by atoms with Gasteiger partial charge >= 0.3 is 0 Å². The third kappa shape index (κ3) is 4.03. The van der Waals surface area contributed by atoms with Gasteiger partial charge in [0.1, 0.15) is 11.6 Å². The standard InChI is InChI=1S/C23H27N3O2/c1-16(2)15-28-19-9-7-18(8-10-19)23(27)26-13-11-17(12-14-26)22-24-20-5-3-4-6-21(20)25-22/h3-10,16-17H,11-15H2,1-2H3,(H,24,25). The number of para-hydroxylation sites is 2. The van der Waals surface area contributed by atoms with Gasteiger partial charge in [0.25, 0.3) is 5.91 Å². The molecule has 0 unspecified atom stereocenters. The zero-order valence-corrected chi connectivity index (χ0v) is 16.5. The van der Waals surface area contributed by atoms with Crippen LogP contribution in [-0.4, -0.2) is 40.5 Å². The highest BCUT2D eigenvalue weighted by atomic mass is 16.5. The molecule has 5 heteroatoms. The van der Waals surface area contributed by atoms with E-state index in [-0.39, 0.29) is 5.91 Å². The zero-order valence-electron chi connectivity index (χ0n) is 16.5. The summed E-state index contributed by atoms with van der Waals surface area (Å²) < 4.78 is 5.70. The first-order chi connectivity index (χ1) is 13.6. The molecule has 2 aromatic carbocycles. The number of fused-ring (bicyclic) bond motifs is 1. The summed E-state index contributed by atoms with van der Waals surface area (Å²) in [6, 6.07) is 15.6. The number of carbonyl (C=O) groups is 1. The van der Waals surface area contributed by atoms with E-state index in [1.165, 1.54) is 0 Å². The van der Waals surface area contributed by atoms with Crippen LogP contribution in [0.3, 0.4) is 0 Å². The summed E-state index contributed by atoms with van der Waals surface area (Å²) in [6.45, 7) is 6.43. The number of carbonyl (C=O) groups excluding carboxylic acids is 1. The van der Waals surface area contributed by atoms with Gasteiger partial charge in [-0.15, -0.1) is 0 Å². The minimum Gasteiger partial charge on any atom is -0.493 e. The summed E-state index contributed by atoms with van der Waals surface area (Å²) in [5, 5.41) is 0. The molecule has 0 atom stereocenters. The lowest BCUT2D eigenvalue weighted by Gasteiger charge is -2.31. The van der Waals surface area contributed by atoms with E-state index in [2.05, 4.69) is 24.9 Å². The fraction of sp³-hybridized carbons (Fsp3) is 0.391. The highest BCUT2D eigenvalue weighted by Crippen LogP contribution is 2.28. The van der Waals surface area contributed by atoms with Crippen molar-refractivity contribution in [1.29, 1.82) is 0 Å². The first-order valence-electron chi connectivity index (χ1n) is 10.1. The molecule has 3 aromatic rings. The normalized spacial score (nSPS) is 15.3. The van der Waals surface area contributed by atoms with Gasteiger partial charge in [0.05, 0.1) is 17.6 Å². The number of hydrogen-bond acceptors (Lipinski definition) is 3. The molecule has 0 bridgehead atoms. The van der Waals surface area contributed by atoms with Crippen molar-refractivity contribution in [3.05, 3.63) is 59.9 Å². The Morgan fingerprint density at radius 1 is 1.14 bits per heavy atom. The molecule has 4 rings (SSSR count). The van der Waals surface area contributed by atoms with E-state index in [9.17, 15) is 4.79 Å². The van der Waals surface area contributed by atoms with Gasteiger partial charge in [-0.25, -0.2) is 4.98 Å². The van der Waals surface area contributed by atoms with E-state index >= 15 is 0 Å². The van der Waals surface area contributed by atoms with Gasteiger partial charge in [-0.1, -0.05) is 26.0 Å². The Kier molecular flexibility index (Phi) is 5.33. The van der Waals surface area contributed by atoms with Crippen molar-refractivity contribution in [2.75, 3.05) is 19.7 Å². The fourth-order valence-electron chi connectivity index (χ4n) is 3.66. The monoisotopic (exact) mass is 377 g/mol. The van der Waals surface area contributed by atoms with Crippen LogP contribution >= 0.6 is 0 Å². The molecule has 1 saturated heterocycles. The highest BCUT2D eigenvalue weighted by Gasteiger charge is 2.26. The summed E-state index contributed by atoms with van der Waals surface area (Å²) in [5.74, 6) is 2.81. The number of imidazole rings is 1. The van der Waals surface area contributed by atoms with Crippen LogP contribution in [0, 0.1) is 5.92 Å². The van der Waals surface area contributed by atoms with Crippen molar-refractivity contribution < 1.29 is 9.53 Å². The Morgan fingerprint density at radius 2 is 1.86 bits per heavy atom. The number of ether oxygens (including phenoxy) is 1. The number of piperidine rings is 1. The largest absolute Gasteiger partial charge is 0.493 e. The lowest BCUT2D eigenvalue weighted by molar-refractivity contribution is 0.0711. The van der Waals surface area contributed by atoms with E-state index in [0.717, 1.165) is 54.1 Å². The van der Waals surface area contributed by atoms with Crippen LogP contribution in [0.15, 0.2) is 48.5 Å². The van der Waals surface area contributed by atoms with Crippen LogP contribution in [0.25, 0.3) is 11.0 Å². The maximum Gasteiger partial charge on any atom is 0.253 e. The molecule has 0 spiro atoms. The van der Waals surface area contributed by atoms with E-state index < -0.39 is 0 Å². The number of rotatable bonds is 5. The summed E-state index contributed by atoms with van der Waals surface area (Å²) in [6.07, 6.45) is 1.86. The molecule has 1 amide bonds. The van der Waals surface area contributed by atoms with Gasteiger partial charge in [-0.2, -0.15) is 0 Å². The number of hydrogen-bond donors (Lipinski definition) is 1. The number of amides is 1. The van der Waals surface area contributed by atoms with Crippen molar-refractivity contribution in [3.8, 4) is 5.75 Å². The Bertz CT molecular complexity index is 905. The van der Waals surface area contributed by atoms with Gasteiger partial charge in [0.15, 0.2) is 0 Å². The van der Waals surface area contributed by atoms with E-state index in [1.54, 1.807) is 0 Å². The topological polar surface area (TPSA) is 58.2 Å². The maximum atomic E-state index is 12.8. The fourth-order valence-corrected chi connectivity index (χ4v) is 3.66. The first-order valence-corrected chi connectivity index (χ1v) is 10.1.